The Bertz CT molecular complexity index is 947. The Morgan fingerprint density at radius 2 is 2.07 bits per heavy atom. The molecule has 0 saturated carbocycles. The van der Waals surface area contributed by atoms with Crippen molar-refractivity contribution in [2.45, 2.75) is 45.1 Å². The van der Waals surface area contributed by atoms with Crippen molar-refractivity contribution in [1.29, 1.82) is 0 Å². The third kappa shape index (κ3) is 4.06. The van der Waals surface area contributed by atoms with Crippen molar-refractivity contribution in [1.82, 2.24) is 9.78 Å². The van der Waals surface area contributed by atoms with E-state index >= 15 is 0 Å². The number of carbonyl (C=O) groups excluding carboxylic acids is 1. The molecule has 2 heterocycles. The molecular formula is C20H26FN5OS. The fourth-order valence-corrected chi connectivity index (χ4v) is 4.11. The molecule has 1 aromatic carbocycles. The van der Waals surface area contributed by atoms with Gasteiger partial charge in [0.05, 0.1) is 11.2 Å². The minimum atomic E-state index is -0.744. The molecule has 6 nitrogen and oxygen atoms in total. The minimum absolute atomic E-state index is 0.162. The number of hydrogen-bond acceptors (Lipinski definition) is 5. The Morgan fingerprint density at radius 1 is 1.36 bits per heavy atom. The summed E-state index contributed by atoms with van der Waals surface area (Å²) in [7, 11) is 1.73. The second-order valence-corrected chi connectivity index (χ2v) is 9.37. The van der Waals surface area contributed by atoms with Gasteiger partial charge in [-0.3, -0.25) is 14.5 Å². The maximum atomic E-state index is 14.5. The van der Waals surface area contributed by atoms with E-state index in [0.29, 0.717) is 28.5 Å². The number of rotatable bonds is 3. The number of hydrogen-bond donors (Lipinski definition) is 2. The van der Waals surface area contributed by atoms with E-state index in [-0.39, 0.29) is 17.1 Å². The van der Waals surface area contributed by atoms with Gasteiger partial charge in [-0.25, -0.2) is 4.39 Å². The average Bonchev–Trinajstić information content (AvgIpc) is 2.98. The van der Waals surface area contributed by atoms with E-state index in [1.54, 1.807) is 29.9 Å². The van der Waals surface area contributed by atoms with Gasteiger partial charge in [0.15, 0.2) is 5.17 Å². The monoisotopic (exact) mass is 403 g/mol. The Labute approximate surface area is 168 Å². The van der Waals surface area contributed by atoms with E-state index in [2.05, 4.69) is 15.4 Å². The molecule has 1 amide bonds. The molecule has 28 heavy (non-hydrogen) atoms. The summed E-state index contributed by atoms with van der Waals surface area (Å²) in [4.78, 5) is 17.2. The Kier molecular flexibility index (Phi) is 5.27. The summed E-state index contributed by atoms with van der Waals surface area (Å²) in [5, 5.41) is 7.73. The van der Waals surface area contributed by atoms with Crippen LogP contribution in [0.1, 0.15) is 55.9 Å². The lowest BCUT2D eigenvalue weighted by molar-refractivity contribution is 0.101. The van der Waals surface area contributed by atoms with Crippen LogP contribution in [0.2, 0.25) is 0 Å². The highest BCUT2D eigenvalue weighted by Crippen LogP contribution is 2.37. The van der Waals surface area contributed by atoms with Crippen LogP contribution in [0.4, 0.5) is 10.1 Å². The molecule has 1 aromatic heterocycles. The maximum absolute atomic E-state index is 14.5. The first-order chi connectivity index (χ1) is 13.0. The van der Waals surface area contributed by atoms with Crippen molar-refractivity contribution in [3.05, 3.63) is 47.0 Å². The first-order valence-electron chi connectivity index (χ1n) is 9.14. The molecule has 0 aliphatic carbocycles. The van der Waals surface area contributed by atoms with E-state index in [4.69, 9.17) is 5.73 Å². The Hall–Kier alpha value is -2.35. The van der Waals surface area contributed by atoms with Gasteiger partial charge in [-0.2, -0.15) is 5.10 Å². The number of aryl methyl sites for hydroxylation is 1. The normalized spacial score (nSPS) is 20.0. The van der Waals surface area contributed by atoms with E-state index in [9.17, 15) is 9.18 Å². The zero-order valence-corrected chi connectivity index (χ0v) is 17.7. The van der Waals surface area contributed by atoms with Gasteiger partial charge < -0.3 is 11.1 Å². The van der Waals surface area contributed by atoms with Crippen molar-refractivity contribution in [2.24, 2.45) is 17.8 Å². The number of thioether (sulfide) groups is 1. The number of halogens is 1. The summed E-state index contributed by atoms with van der Waals surface area (Å²) in [6, 6.07) is 6.32. The third-order valence-electron chi connectivity index (χ3n) is 4.88. The van der Waals surface area contributed by atoms with Crippen LogP contribution in [0.5, 0.6) is 0 Å². The predicted octanol–water partition coefficient (Wildman–Crippen LogP) is 3.78. The lowest BCUT2D eigenvalue weighted by Gasteiger charge is -2.30. The lowest BCUT2D eigenvalue weighted by atomic mass is 9.89. The molecule has 8 heteroatoms. The highest BCUT2D eigenvalue weighted by molar-refractivity contribution is 8.13. The van der Waals surface area contributed by atoms with Gasteiger partial charge in [0.1, 0.15) is 11.5 Å². The molecule has 1 atom stereocenters. The SMILES string of the molecule is Cn1nc(C(C)(C)C)cc1C(=O)Nc1ccc(F)c([C@]2(C)CCSC(N)=N2)c1. The highest BCUT2D eigenvalue weighted by atomic mass is 32.2. The van der Waals surface area contributed by atoms with E-state index in [0.717, 1.165) is 11.4 Å². The molecule has 0 fully saturated rings. The van der Waals surface area contributed by atoms with Crippen LogP contribution in [-0.2, 0) is 18.0 Å². The maximum Gasteiger partial charge on any atom is 0.273 e. The number of nitrogens with one attached hydrogen (secondary N) is 1. The van der Waals surface area contributed by atoms with E-state index in [1.807, 2.05) is 27.7 Å². The summed E-state index contributed by atoms with van der Waals surface area (Å²) in [6.07, 6.45) is 0.670. The molecule has 0 saturated heterocycles. The molecule has 0 radical (unpaired) electrons. The fourth-order valence-electron chi connectivity index (χ4n) is 3.14. The summed E-state index contributed by atoms with van der Waals surface area (Å²) < 4.78 is 16.1. The van der Waals surface area contributed by atoms with Gasteiger partial charge in [0.25, 0.3) is 5.91 Å². The predicted molar refractivity (Wildman–Crippen MR) is 112 cm³/mol. The van der Waals surface area contributed by atoms with Crippen LogP contribution >= 0.6 is 11.8 Å². The number of carbonyl (C=O) groups is 1. The van der Waals surface area contributed by atoms with E-state index in [1.165, 1.54) is 17.8 Å². The van der Waals surface area contributed by atoms with Crippen molar-refractivity contribution >= 4 is 28.5 Å². The standard InChI is InChI=1S/C20H26FN5OS/c1-19(2,3)16-11-15(26(5)25-16)17(27)23-12-6-7-14(21)13(10-12)20(4)8-9-28-18(22)24-20/h6-7,10-11H,8-9H2,1-5H3,(H2,22,24)(H,23,27)/t20-/m0/s1. The van der Waals surface area contributed by atoms with Gasteiger partial charge in [-0.15, -0.1) is 0 Å². The van der Waals surface area contributed by atoms with Crippen molar-refractivity contribution in [3.63, 3.8) is 0 Å². The number of amidine groups is 1. The zero-order valence-electron chi connectivity index (χ0n) is 16.8. The quantitative estimate of drug-likeness (QED) is 0.817. The van der Waals surface area contributed by atoms with Gasteiger partial charge in [-0.05, 0) is 37.6 Å². The second-order valence-electron chi connectivity index (χ2n) is 8.26. The molecule has 0 spiro atoms. The molecule has 0 unspecified atom stereocenters. The average molecular weight is 404 g/mol. The van der Waals surface area contributed by atoms with Gasteiger partial charge >= 0.3 is 0 Å². The summed E-state index contributed by atoms with van der Waals surface area (Å²) in [5.41, 5.74) is 7.16. The topological polar surface area (TPSA) is 85.3 Å². The van der Waals surface area contributed by atoms with Crippen LogP contribution in [0.15, 0.2) is 29.3 Å². The molecule has 2 aromatic rings. The number of aliphatic imine (C=N–C) groups is 1. The summed E-state index contributed by atoms with van der Waals surface area (Å²) in [5.74, 6) is 0.113. The van der Waals surface area contributed by atoms with Crippen LogP contribution in [-0.4, -0.2) is 26.6 Å². The van der Waals surface area contributed by atoms with Gasteiger partial charge in [0, 0.05) is 29.5 Å². The number of aromatic nitrogens is 2. The van der Waals surface area contributed by atoms with Crippen LogP contribution in [0.3, 0.4) is 0 Å². The number of nitrogens with two attached hydrogens (primary N) is 1. The molecule has 1 aliphatic heterocycles. The molecule has 150 valence electrons. The highest BCUT2D eigenvalue weighted by Gasteiger charge is 2.32. The van der Waals surface area contributed by atoms with Crippen molar-refractivity contribution in [3.8, 4) is 0 Å². The number of anilines is 1. The molecule has 0 bridgehead atoms. The Morgan fingerprint density at radius 3 is 2.68 bits per heavy atom. The molecular weight excluding hydrogens is 377 g/mol. The van der Waals surface area contributed by atoms with Crippen molar-refractivity contribution < 1.29 is 9.18 Å². The minimum Gasteiger partial charge on any atom is -0.379 e. The number of nitrogens with zero attached hydrogens (tertiary/aromatic N) is 3. The lowest BCUT2D eigenvalue weighted by Crippen LogP contribution is -2.30. The first-order valence-corrected chi connectivity index (χ1v) is 10.1. The van der Waals surface area contributed by atoms with Gasteiger partial charge in [-0.1, -0.05) is 32.5 Å². The smallest absolute Gasteiger partial charge is 0.273 e. The number of benzene rings is 1. The van der Waals surface area contributed by atoms with Crippen LogP contribution in [0.25, 0.3) is 0 Å². The zero-order chi connectivity index (χ0) is 20.7. The summed E-state index contributed by atoms with van der Waals surface area (Å²) >= 11 is 1.46. The van der Waals surface area contributed by atoms with Crippen LogP contribution in [0, 0.1) is 5.82 Å². The fraction of sp³-hybridized carbons (Fsp3) is 0.450. The van der Waals surface area contributed by atoms with Gasteiger partial charge in [0.2, 0.25) is 0 Å². The first kappa shape index (κ1) is 20.4. The summed E-state index contributed by atoms with van der Waals surface area (Å²) in [6.45, 7) is 7.98. The molecule has 3 rings (SSSR count). The Balaban J connectivity index is 1.89. The molecule has 1 aliphatic rings. The second kappa shape index (κ2) is 7.24. The third-order valence-corrected chi connectivity index (χ3v) is 5.68. The largest absolute Gasteiger partial charge is 0.379 e. The van der Waals surface area contributed by atoms with Crippen molar-refractivity contribution in [2.75, 3.05) is 11.1 Å². The van der Waals surface area contributed by atoms with Crippen LogP contribution < -0.4 is 11.1 Å². The molecule has 3 N–H and O–H groups in total. The number of amides is 1. The van der Waals surface area contributed by atoms with E-state index < -0.39 is 5.54 Å².